The molecule has 1 heterocycles. The first kappa shape index (κ1) is 21.9. The average Bonchev–Trinajstić information content (AvgIpc) is 3.14. The second kappa shape index (κ2) is 9.47. The summed E-state index contributed by atoms with van der Waals surface area (Å²) in [5.74, 6) is -0.537. The number of nitrogens with one attached hydrogen (secondary N) is 1. The molecule has 31 heavy (non-hydrogen) atoms. The van der Waals surface area contributed by atoms with E-state index >= 15 is 0 Å². The maximum atomic E-state index is 13.0. The zero-order chi connectivity index (χ0) is 22.0. The van der Waals surface area contributed by atoms with Gasteiger partial charge in [0.05, 0.1) is 17.4 Å². The fourth-order valence-electron chi connectivity index (χ4n) is 3.63. The Hall–Kier alpha value is -2.28. The van der Waals surface area contributed by atoms with E-state index in [2.05, 4.69) is 17.4 Å². The summed E-state index contributed by atoms with van der Waals surface area (Å²) in [5, 5.41) is 3.88. The Labute approximate surface area is 195 Å². The number of aryl methyl sites for hydroxylation is 1. The molecule has 1 aliphatic carbocycles. The lowest BCUT2D eigenvalue weighted by Gasteiger charge is -2.16. The molecule has 2 aromatic carbocycles. The molecule has 4 rings (SSSR count). The first-order valence-corrected chi connectivity index (χ1v) is 12.2. The van der Waals surface area contributed by atoms with Crippen molar-refractivity contribution in [2.45, 2.75) is 36.8 Å². The van der Waals surface area contributed by atoms with Gasteiger partial charge < -0.3 is 10.1 Å². The molecular formula is C24H22ClNO3S2. The van der Waals surface area contributed by atoms with Gasteiger partial charge in [0.25, 0.3) is 0 Å². The molecule has 3 aromatic rings. The fourth-order valence-corrected chi connectivity index (χ4v) is 5.93. The fraction of sp³-hybridized carbons (Fsp3) is 0.250. The number of esters is 1. The molecule has 1 amide bonds. The van der Waals surface area contributed by atoms with E-state index in [1.807, 2.05) is 31.2 Å². The molecule has 0 fully saturated rings. The number of fused-ring (bicyclic) bond motifs is 3. The van der Waals surface area contributed by atoms with Gasteiger partial charge in [0.1, 0.15) is 5.00 Å². The molecule has 0 saturated carbocycles. The highest BCUT2D eigenvalue weighted by Crippen LogP contribution is 2.45. The SMILES string of the molecule is CCOC(=O)c1c(NC(=O)C(C)Sc2ccc(Cl)cc2)sc2c1CCc1ccccc1-2. The van der Waals surface area contributed by atoms with Gasteiger partial charge in [-0.2, -0.15) is 0 Å². The van der Waals surface area contributed by atoms with Crippen molar-refractivity contribution in [2.75, 3.05) is 11.9 Å². The van der Waals surface area contributed by atoms with Crippen LogP contribution in [0, 0.1) is 0 Å². The molecule has 160 valence electrons. The van der Waals surface area contributed by atoms with Crippen LogP contribution < -0.4 is 5.32 Å². The number of amides is 1. The van der Waals surface area contributed by atoms with Crippen molar-refractivity contribution >= 4 is 51.6 Å². The average molecular weight is 472 g/mol. The van der Waals surface area contributed by atoms with Crippen LogP contribution in [0.25, 0.3) is 10.4 Å². The van der Waals surface area contributed by atoms with E-state index in [0.29, 0.717) is 15.6 Å². The van der Waals surface area contributed by atoms with Crippen LogP contribution in [0.2, 0.25) is 5.02 Å². The molecule has 1 aliphatic rings. The Morgan fingerprint density at radius 2 is 1.90 bits per heavy atom. The lowest BCUT2D eigenvalue weighted by atomic mass is 9.89. The second-order valence-electron chi connectivity index (χ2n) is 7.19. The summed E-state index contributed by atoms with van der Waals surface area (Å²) in [6, 6.07) is 15.6. The van der Waals surface area contributed by atoms with Crippen molar-refractivity contribution in [3.05, 3.63) is 70.2 Å². The van der Waals surface area contributed by atoms with Gasteiger partial charge in [0.2, 0.25) is 5.91 Å². The summed E-state index contributed by atoms with van der Waals surface area (Å²) in [7, 11) is 0. The van der Waals surface area contributed by atoms with Crippen LogP contribution in [0.1, 0.15) is 35.3 Å². The highest BCUT2D eigenvalue weighted by atomic mass is 35.5. The number of thiophene rings is 1. The zero-order valence-corrected chi connectivity index (χ0v) is 19.6. The molecular weight excluding hydrogens is 450 g/mol. The Morgan fingerprint density at radius 1 is 1.16 bits per heavy atom. The predicted molar refractivity (Wildman–Crippen MR) is 129 cm³/mol. The molecule has 0 spiro atoms. The number of rotatable bonds is 6. The highest BCUT2D eigenvalue weighted by molar-refractivity contribution is 8.00. The molecule has 1 N–H and O–H groups in total. The number of carbonyl (C=O) groups excluding carboxylic acids is 2. The maximum Gasteiger partial charge on any atom is 0.341 e. The lowest BCUT2D eigenvalue weighted by Crippen LogP contribution is -2.23. The van der Waals surface area contributed by atoms with Gasteiger partial charge >= 0.3 is 5.97 Å². The standard InChI is InChI=1S/C24H22ClNO3S2/c1-3-29-24(28)20-19-13-8-15-6-4-5-7-18(15)21(19)31-23(20)26-22(27)14(2)30-17-11-9-16(25)10-12-17/h4-7,9-12,14H,3,8,13H2,1-2H3,(H,26,27). The number of anilines is 1. The van der Waals surface area contributed by atoms with Crippen LogP contribution in [0.5, 0.6) is 0 Å². The van der Waals surface area contributed by atoms with Gasteiger partial charge in [-0.1, -0.05) is 35.9 Å². The van der Waals surface area contributed by atoms with Gasteiger partial charge in [0, 0.05) is 14.8 Å². The molecule has 0 radical (unpaired) electrons. The monoisotopic (exact) mass is 471 g/mol. The van der Waals surface area contributed by atoms with Gasteiger partial charge in [-0.25, -0.2) is 4.79 Å². The Kier molecular flexibility index (Phi) is 6.70. The van der Waals surface area contributed by atoms with Crippen molar-refractivity contribution in [1.82, 2.24) is 0 Å². The third-order valence-corrected chi connectivity index (χ3v) is 7.67. The van der Waals surface area contributed by atoms with E-state index in [0.717, 1.165) is 33.7 Å². The van der Waals surface area contributed by atoms with E-state index in [4.69, 9.17) is 16.3 Å². The first-order chi connectivity index (χ1) is 15.0. The summed E-state index contributed by atoms with van der Waals surface area (Å²) >= 11 is 8.84. The number of hydrogen-bond donors (Lipinski definition) is 1. The van der Waals surface area contributed by atoms with Gasteiger partial charge in [-0.15, -0.1) is 23.1 Å². The molecule has 1 unspecified atom stereocenters. The van der Waals surface area contributed by atoms with Gasteiger partial charge in [-0.3, -0.25) is 4.79 Å². The van der Waals surface area contributed by atoms with E-state index in [-0.39, 0.29) is 23.7 Å². The Bertz CT molecular complexity index is 1120. The summed E-state index contributed by atoms with van der Waals surface area (Å²) < 4.78 is 5.33. The van der Waals surface area contributed by atoms with Crippen LogP contribution >= 0.6 is 34.7 Å². The number of carbonyl (C=O) groups is 2. The smallest absolute Gasteiger partial charge is 0.341 e. The number of hydrogen-bond acceptors (Lipinski definition) is 5. The summed E-state index contributed by atoms with van der Waals surface area (Å²) in [4.78, 5) is 27.8. The summed E-state index contributed by atoms with van der Waals surface area (Å²) in [5.41, 5.74) is 3.85. The Balaban J connectivity index is 1.63. The van der Waals surface area contributed by atoms with Crippen LogP contribution in [0.4, 0.5) is 5.00 Å². The minimum absolute atomic E-state index is 0.155. The quantitative estimate of drug-likeness (QED) is 0.331. The predicted octanol–water partition coefficient (Wildman–Crippen LogP) is 6.46. The molecule has 0 saturated heterocycles. The molecule has 1 atom stereocenters. The van der Waals surface area contributed by atoms with E-state index in [9.17, 15) is 9.59 Å². The zero-order valence-electron chi connectivity index (χ0n) is 17.2. The molecule has 7 heteroatoms. The lowest BCUT2D eigenvalue weighted by molar-refractivity contribution is -0.115. The molecule has 0 bridgehead atoms. The summed E-state index contributed by atoms with van der Waals surface area (Å²) in [6.45, 7) is 3.92. The number of ether oxygens (including phenoxy) is 1. The van der Waals surface area contributed by atoms with Crippen LogP contribution in [-0.2, 0) is 22.4 Å². The molecule has 0 aliphatic heterocycles. The molecule has 4 nitrogen and oxygen atoms in total. The third kappa shape index (κ3) is 4.66. The highest BCUT2D eigenvalue weighted by Gasteiger charge is 2.30. The van der Waals surface area contributed by atoms with Crippen LogP contribution in [0.15, 0.2) is 53.4 Å². The minimum atomic E-state index is -0.382. The van der Waals surface area contributed by atoms with Crippen molar-refractivity contribution in [3.63, 3.8) is 0 Å². The van der Waals surface area contributed by atoms with Gasteiger partial charge in [0.15, 0.2) is 0 Å². The maximum absolute atomic E-state index is 13.0. The van der Waals surface area contributed by atoms with Crippen molar-refractivity contribution < 1.29 is 14.3 Å². The van der Waals surface area contributed by atoms with Crippen molar-refractivity contribution in [2.24, 2.45) is 0 Å². The minimum Gasteiger partial charge on any atom is -0.462 e. The van der Waals surface area contributed by atoms with E-state index < -0.39 is 0 Å². The van der Waals surface area contributed by atoms with E-state index in [1.54, 1.807) is 19.1 Å². The first-order valence-electron chi connectivity index (χ1n) is 10.1. The van der Waals surface area contributed by atoms with Crippen molar-refractivity contribution in [1.29, 1.82) is 0 Å². The molecule has 1 aromatic heterocycles. The van der Waals surface area contributed by atoms with Crippen LogP contribution in [-0.4, -0.2) is 23.7 Å². The topological polar surface area (TPSA) is 55.4 Å². The van der Waals surface area contributed by atoms with E-state index in [1.165, 1.54) is 28.7 Å². The second-order valence-corrected chi connectivity index (χ2v) is 10.1. The normalized spacial score (nSPS) is 13.1. The van der Waals surface area contributed by atoms with Crippen molar-refractivity contribution in [3.8, 4) is 10.4 Å². The number of halogens is 1. The van der Waals surface area contributed by atoms with Crippen LogP contribution in [0.3, 0.4) is 0 Å². The van der Waals surface area contributed by atoms with Gasteiger partial charge in [-0.05, 0) is 67.6 Å². The number of benzene rings is 2. The Morgan fingerprint density at radius 3 is 2.65 bits per heavy atom. The number of thioether (sulfide) groups is 1. The largest absolute Gasteiger partial charge is 0.462 e. The third-order valence-electron chi connectivity index (χ3n) is 5.13. The summed E-state index contributed by atoms with van der Waals surface area (Å²) in [6.07, 6.45) is 1.62.